The third kappa shape index (κ3) is 6.78. The number of piperidine rings is 1. The lowest BCUT2D eigenvalue weighted by atomic mass is 10.00. The average Bonchev–Trinajstić information content (AvgIpc) is 3.32. The fourth-order valence-electron chi connectivity index (χ4n) is 6.05. The number of carbonyl (C=O) groups excluding carboxylic acids is 1. The molecule has 7 nitrogen and oxygen atoms in total. The van der Waals surface area contributed by atoms with Gasteiger partial charge in [0.05, 0.1) is 11.3 Å². The summed E-state index contributed by atoms with van der Waals surface area (Å²) in [7, 11) is -2.13. The molecule has 1 atom stereocenters. The highest BCUT2D eigenvalue weighted by Crippen LogP contribution is 2.34. The van der Waals surface area contributed by atoms with Gasteiger partial charge in [-0.05, 0) is 86.6 Å². The summed E-state index contributed by atoms with van der Waals surface area (Å²) < 4.78 is 67.8. The Morgan fingerprint density at radius 1 is 1.02 bits per heavy atom. The van der Waals surface area contributed by atoms with Gasteiger partial charge in [-0.15, -0.1) is 0 Å². The number of aromatic nitrogens is 1. The number of halogens is 3. The van der Waals surface area contributed by atoms with Crippen LogP contribution in [0.15, 0.2) is 54.6 Å². The number of hydrogen-bond acceptors (Lipinski definition) is 5. The van der Waals surface area contributed by atoms with E-state index in [1.807, 2.05) is 27.0 Å². The third-order valence-electron chi connectivity index (χ3n) is 8.17. The third-order valence-corrected chi connectivity index (χ3v) is 9.52. The fourth-order valence-corrected chi connectivity index (χ4v) is 7.43. The first-order chi connectivity index (χ1) is 19.8. The highest BCUT2D eigenvalue weighted by atomic mass is 32.2. The molecule has 0 spiro atoms. The molecule has 0 bridgehead atoms. The van der Waals surface area contributed by atoms with Gasteiger partial charge < -0.3 is 9.80 Å². The summed E-state index contributed by atoms with van der Waals surface area (Å²) in [6.07, 6.45) is -1.75. The van der Waals surface area contributed by atoms with Crippen molar-refractivity contribution in [3.63, 3.8) is 0 Å². The molecule has 1 amide bonds. The molecule has 1 aliphatic heterocycles. The molecule has 1 saturated heterocycles. The Balaban J connectivity index is 1.24. The zero-order valence-electron chi connectivity index (χ0n) is 23.9. The molecule has 2 aliphatic rings. The first-order valence-corrected chi connectivity index (χ1v) is 15.7. The molecule has 1 unspecified atom stereocenters. The summed E-state index contributed by atoms with van der Waals surface area (Å²) in [6, 6.07) is 13.5. The highest BCUT2D eigenvalue weighted by Gasteiger charge is 2.32. The van der Waals surface area contributed by atoms with Crippen LogP contribution in [-0.4, -0.2) is 50.4 Å². The number of nitrogens with one attached hydrogen (secondary N) is 1. The molecule has 1 aliphatic carbocycles. The zero-order valence-corrected chi connectivity index (χ0v) is 24.7. The maximum Gasteiger partial charge on any atom is 0.416 e. The van der Waals surface area contributed by atoms with Crippen molar-refractivity contribution < 1.29 is 26.4 Å². The van der Waals surface area contributed by atoms with Crippen molar-refractivity contribution in [2.75, 3.05) is 25.0 Å². The van der Waals surface area contributed by atoms with Gasteiger partial charge in [0.25, 0.3) is 5.91 Å². The summed E-state index contributed by atoms with van der Waals surface area (Å²) in [5.41, 5.74) is 4.45. The van der Waals surface area contributed by atoms with Crippen molar-refractivity contribution in [3.8, 4) is 0 Å². The molecule has 3 aromatic rings. The van der Waals surface area contributed by atoms with E-state index in [9.17, 15) is 26.4 Å². The van der Waals surface area contributed by atoms with E-state index in [1.165, 1.54) is 12.1 Å². The number of anilines is 1. The van der Waals surface area contributed by atoms with E-state index >= 15 is 0 Å². The van der Waals surface area contributed by atoms with Crippen LogP contribution in [-0.2, 0) is 28.4 Å². The van der Waals surface area contributed by atoms with Gasteiger partial charge in [0.15, 0.2) is 0 Å². The molecular formula is C31H35F3N4O3S. The Morgan fingerprint density at radius 3 is 2.38 bits per heavy atom. The quantitative estimate of drug-likeness (QED) is 0.384. The molecular weight excluding hydrogens is 565 g/mol. The smallest absolute Gasteiger partial charge is 0.371 e. The number of carbonyl (C=O) groups is 1. The molecule has 1 fully saturated rings. The van der Waals surface area contributed by atoms with Gasteiger partial charge in [0.1, 0.15) is 0 Å². The number of sulfonamides is 1. The maximum atomic E-state index is 13.5. The van der Waals surface area contributed by atoms with Gasteiger partial charge >= 0.3 is 6.18 Å². The molecule has 5 rings (SSSR count). The maximum absolute atomic E-state index is 13.5. The van der Waals surface area contributed by atoms with Gasteiger partial charge in [0.2, 0.25) is 10.0 Å². The van der Waals surface area contributed by atoms with Crippen LogP contribution in [0.5, 0.6) is 0 Å². The van der Waals surface area contributed by atoms with E-state index in [4.69, 9.17) is 0 Å². The van der Waals surface area contributed by atoms with Crippen molar-refractivity contribution >= 4 is 21.6 Å². The van der Waals surface area contributed by atoms with Gasteiger partial charge in [0, 0.05) is 54.9 Å². The summed E-state index contributed by atoms with van der Waals surface area (Å²) in [5, 5.41) is 0. The first-order valence-electron chi connectivity index (χ1n) is 14.1. The predicted octanol–water partition coefficient (Wildman–Crippen LogP) is 5.57. The minimum absolute atomic E-state index is 0.0568. The molecule has 42 heavy (non-hydrogen) atoms. The van der Waals surface area contributed by atoms with Gasteiger partial charge in [-0.25, -0.2) is 13.1 Å². The second kappa shape index (κ2) is 11.7. The fraction of sp³-hybridized carbons (Fsp3) is 0.419. The van der Waals surface area contributed by atoms with Crippen molar-refractivity contribution in [2.45, 2.75) is 63.5 Å². The molecule has 11 heteroatoms. The van der Waals surface area contributed by atoms with Gasteiger partial charge in [-0.2, -0.15) is 13.2 Å². The molecule has 2 heterocycles. The normalized spacial score (nSPS) is 17.8. The Morgan fingerprint density at radius 2 is 1.71 bits per heavy atom. The number of hydrogen-bond donors (Lipinski definition) is 1. The van der Waals surface area contributed by atoms with Crippen LogP contribution in [0.25, 0.3) is 0 Å². The van der Waals surface area contributed by atoms with Gasteiger partial charge in [-0.3, -0.25) is 9.78 Å². The topological polar surface area (TPSA) is 82.6 Å². The number of amides is 1. The van der Waals surface area contributed by atoms with Crippen LogP contribution >= 0.6 is 0 Å². The summed E-state index contributed by atoms with van der Waals surface area (Å²) in [6.45, 7) is 5.62. The molecule has 1 aromatic heterocycles. The van der Waals surface area contributed by atoms with Gasteiger partial charge in [-0.1, -0.05) is 24.3 Å². The SMILES string of the molecule is Cc1cc(N2CCC(N(C)C(=O)c3ccc4c(c3)C(NS(=O)(=O)Cc3cccc(C(F)(F)F)c3)CC4)CC2)cc(C)n1. The van der Waals surface area contributed by atoms with E-state index < -0.39 is 33.6 Å². The second-order valence-corrected chi connectivity index (χ2v) is 13.1. The van der Waals surface area contributed by atoms with Crippen LogP contribution in [0.4, 0.5) is 18.9 Å². The highest BCUT2D eigenvalue weighted by molar-refractivity contribution is 7.88. The van der Waals surface area contributed by atoms with Crippen molar-refractivity contribution in [3.05, 3.63) is 93.8 Å². The Bertz CT molecular complexity index is 1560. The average molecular weight is 601 g/mol. The summed E-state index contributed by atoms with van der Waals surface area (Å²) >= 11 is 0. The van der Waals surface area contributed by atoms with E-state index in [2.05, 4.69) is 26.7 Å². The Kier molecular flexibility index (Phi) is 8.35. The number of benzene rings is 2. The number of fused-ring (bicyclic) bond motifs is 1. The molecule has 2 aromatic carbocycles. The lowest BCUT2D eigenvalue weighted by molar-refractivity contribution is -0.137. The number of rotatable bonds is 7. The molecule has 0 radical (unpaired) electrons. The van der Waals surface area contributed by atoms with E-state index in [1.54, 1.807) is 17.0 Å². The standard InChI is InChI=1S/C31H35F3N4O3S/c1-20-15-27(16-21(2)35-20)38-13-11-26(12-14-38)37(3)30(39)24-8-7-23-9-10-29(28(23)18-24)36-42(40,41)19-22-5-4-6-25(17-22)31(32,33)34/h4-8,15-18,26,29,36H,9-14,19H2,1-3H3. The number of aryl methyl sites for hydroxylation is 3. The predicted molar refractivity (Wildman–Crippen MR) is 156 cm³/mol. The molecule has 224 valence electrons. The minimum atomic E-state index is -4.55. The van der Waals surface area contributed by atoms with Crippen LogP contribution in [0.1, 0.15) is 69.3 Å². The van der Waals surface area contributed by atoms with Crippen molar-refractivity contribution in [1.82, 2.24) is 14.6 Å². The lowest BCUT2D eigenvalue weighted by Crippen LogP contribution is -2.45. The van der Waals surface area contributed by atoms with Crippen LogP contribution < -0.4 is 9.62 Å². The largest absolute Gasteiger partial charge is 0.416 e. The molecule has 0 saturated carbocycles. The minimum Gasteiger partial charge on any atom is -0.371 e. The zero-order chi connectivity index (χ0) is 30.2. The number of alkyl halides is 3. The Labute approximate surface area is 244 Å². The van der Waals surface area contributed by atoms with Crippen LogP contribution in [0, 0.1) is 13.8 Å². The molecule has 1 N–H and O–H groups in total. The Hall–Kier alpha value is -3.44. The van der Waals surface area contributed by atoms with E-state index in [-0.39, 0.29) is 17.5 Å². The first kappa shape index (κ1) is 30.0. The summed E-state index contributed by atoms with van der Waals surface area (Å²) in [4.78, 5) is 22.1. The number of nitrogens with zero attached hydrogens (tertiary/aromatic N) is 3. The summed E-state index contributed by atoms with van der Waals surface area (Å²) in [5.74, 6) is -0.689. The number of pyridine rings is 1. The second-order valence-electron chi connectivity index (χ2n) is 11.3. The monoisotopic (exact) mass is 600 g/mol. The van der Waals surface area contributed by atoms with Crippen molar-refractivity contribution in [1.29, 1.82) is 0 Å². The van der Waals surface area contributed by atoms with E-state index in [0.29, 0.717) is 18.4 Å². The van der Waals surface area contributed by atoms with E-state index in [0.717, 1.165) is 66.3 Å². The lowest BCUT2D eigenvalue weighted by Gasteiger charge is -2.38. The van der Waals surface area contributed by atoms with Crippen molar-refractivity contribution in [2.24, 2.45) is 0 Å². The van der Waals surface area contributed by atoms with Crippen LogP contribution in [0.2, 0.25) is 0 Å². The van der Waals surface area contributed by atoms with Crippen LogP contribution in [0.3, 0.4) is 0 Å².